The SMILES string of the molecule is Fc1cc(F)c(F)c(OCOc2c(F)c(F)cc(F)c2F)c1F. The van der Waals surface area contributed by atoms with E-state index in [0.717, 1.165) is 0 Å². The third-order valence-electron chi connectivity index (χ3n) is 2.55. The van der Waals surface area contributed by atoms with E-state index in [2.05, 4.69) is 9.47 Å². The normalized spacial score (nSPS) is 10.8. The van der Waals surface area contributed by atoms with E-state index >= 15 is 0 Å². The minimum absolute atomic E-state index is 0.0976. The number of rotatable bonds is 4. The van der Waals surface area contributed by atoms with Crippen LogP contribution in [-0.4, -0.2) is 6.79 Å². The minimum Gasteiger partial charge on any atom is -0.451 e. The highest BCUT2D eigenvalue weighted by Crippen LogP contribution is 2.29. The first-order chi connectivity index (χ1) is 10.7. The molecule has 0 atom stereocenters. The summed E-state index contributed by atoms with van der Waals surface area (Å²) in [7, 11) is 0. The maximum Gasteiger partial charge on any atom is 0.231 e. The molecule has 0 spiro atoms. The van der Waals surface area contributed by atoms with Gasteiger partial charge < -0.3 is 9.47 Å². The first-order valence-corrected chi connectivity index (χ1v) is 5.65. The van der Waals surface area contributed by atoms with Crippen molar-refractivity contribution >= 4 is 0 Å². The Morgan fingerprint density at radius 2 is 0.783 bits per heavy atom. The zero-order valence-electron chi connectivity index (χ0n) is 10.7. The lowest BCUT2D eigenvalue weighted by Gasteiger charge is -2.12. The molecule has 2 nitrogen and oxygen atoms in total. The predicted molar refractivity (Wildman–Crippen MR) is 58.7 cm³/mol. The number of halogens is 8. The van der Waals surface area contributed by atoms with Gasteiger partial charge in [-0.3, -0.25) is 0 Å². The van der Waals surface area contributed by atoms with Gasteiger partial charge >= 0.3 is 0 Å². The summed E-state index contributed by atoms with van der Waals surface area (Å²) in [4.78, 5) is 0. The average Bonchev–Trinajstić information content (AvgIpc) is 2.49. The fraction of sp³-hybridized carbons (Fsp3) is 0.0769. The van der Waals surface area contributed by atoms with Crippen molar-refractivity contribution in [1.82, 2.24) is 0 Å². The molecule has 124 valence electrons. The van der Waals surface area contributed by atoms with Crippen LogP contribution >= 0.6 is 0 Å². The lowest BCUT2D eigenvalue weighted by atomic mass is 10.3. The fourth-order valence-corrected chi connectivity index (χ4v) is 1.50. The molecule has 2 aromatic rings. The number of benzene rings is 2. The predicted octanol–water partition coefficient (Wildman–Crippen LogP) is 4.21. The second kappa shape index (κ2) is 6.31. The molecule has 0 bridgehead atoms. The zero-order chi connectivity index (χ0) is 17.3. The summed E-state index contributed by atoms with van der Waals surface area (Å²) in [5.74, 6) is -18.1. The van der Waals surface area contributed by atoms with Crippen LogP contribution in [0.5, 0.6) is 11.5 Å². The van der Waals surface area contributed by atoms with Gasteiger partial charge in [0.2, 0.25) is 41.6 Å². The first kappa shape index (κ1) is 16.8. The Morgan fingerprint density at radius 3 is 1.04 bits per heavy atom. The van der Waals surface area contributed by atoms with Crippen LogP contribution in [0.25, 0.3) is 0 Å². The number of ether oxygens (including phenoxy) is 2. The second-order valence-electron chi connectivity index (χ2n) is 4.00. The van der Waals surface area contributed by atoms with Crippen molar-refractivity contribution < 1.29 is 44.6 Å². The van der Waals surface area contributed by atoms with Gasteiger partial charge in [-0.05, 0) is 0 Å². The first-order valence-electron chi connectivity index (χ1n) is 5.65. The second-order valence-corrected chi connectivity index (χ2v) is 4.00. The molecule has 2 rings (SSSR count). The molecule has 23 heavy (non-hydrogen) atoms. The van der Waals surface area contributed by atoms with E-state index in [9.17, 15) is 35.1 Å². The summed E-state index contributed by atoms with van der Waals surface area (Å²) in [6.07, 6.45) is 0. The van der Waals surface area contributed by atoms with Crippen LogP contribution in [0.1, 0.15) is 0 Å². The van der Waals surface area contributed by atoms with Gasteiger partial charge in [0, 0.05) is 12.1 Å². The van der Waals surface area contributed by atoms with E-state index in [1.54, 1.807) is 0 Å². The maximum absolute atomic E-state index is 13.2. The number of hydrogen-bond donors (Lipinski definition) is 0. The van der Waals surface area contributed by atoms with Crippen molar-refractivity contribution in [3.8, 4) is 11.5 Å². The summed E-state index contributed by atoms with van der Waals surface area (Å²) in [6.45, 7) is -1.40. The highest BCUT2D eigenvalue weighted by Gasteiger charge is 2.23. The number of hydrogen-bond acceptors (Lipinski definition) is 2. The largest absolute Gasteiger partial charge is 0.451 e. The maximum atomic E-state index is 13.2. The Labute approximate surface area is 122 Å². The minimum atomic E-state index is -1.93. The molecule has 0 aliphatic heterocycles. The third-order valence-corrected chi connectivity index (χ3v) is 2.55. The van der Waals surface area contributed by atoms with Crippen molar-refractivity contribution in [2.45, 2.75) is 0 Å². The highest BCUT2D eigenvalue weighted by atomic mass is 19.2. The van der Waals surface area contributed by atoms with E-state index in [-0.39, 0.29) is 12.1 Å². The molecule has 0 unspecified atom stereocenters. The van der Waals surface area contributed by atoms with Crippen molar-refractivity contribution in [2.24, 2.45) is 0 Å². The van der Waals surface area contributed by atoms with Crippen LogP contribution in [0.2, 0.25) is 0 Å². The standard InChI is InChI=1S/C13H4F8O2/c14-4-1-5(15)9(19)12(8(4)18)22-3-23-13-10(20)6(16)2-7(17)11(13)21/h1-2H,3H2. The molecule has 0 saturated heterocycles. The van der Waals surface area contributed by atoms with Gasteiger partial charge in [0.1, 0.15) is 0 Å². The molecule has 10 heteroatoms. The smallest absolute Gasteiger partial charge is 0.231 e. The Hall–Kier alpha value is -2.52. The highest BCUT2D eigenvalue weighted by molar-refractivity contribution is 5.30. The Morgan fingerprint density at radius 1 is 0.522 bits per heavy atom. The van der Waals surface area contributed by atoms with Crippen LogP contribution in [0.3, 0.4) is 0 Å². The van der Waals surface area contributed by atoms with Crippen molar-refractivity contribution in [3.05, 3.63) is 58.7 Å². The van der Waals surface area contributed by atoms with Gasteiger partial charge in [-0.15, -0.1) is 0 Å². The van der Waals surface area contributed by atoms with Crippen molar-refractivity contribution in [1.29, 1.82) is 0 Å². The lowest BCUT2D eigenvalue weighted by molar-refractivity contribution is 0.0978. The lowest BCUT2D eigenvalue weighted by Crippen LogP contribution is -2.12. The van der Waals surface area contributed by atoms with E-state index in [4.69, 9.17) is 0 Å². The van der Waals surface area contributed by atoms with Gasteiger partial charge in [0.05, 0.1) is 0 Å². The van der Waals surface area contributed by atoms with Crippen LogP contribution < -0.4 is 9.47 Å². The van der Waals surface area contributed by atoms with E-state index < -0.39 is 64.8 Å². The van der Waals surface area contributed by atoms with Crippen LogP contribution in [-0.2, 0) is 0 Å². The topological polar surface area (TPSA) is 18.5 Å². The summed E-state index contributed by atoms with van der Waals surface area (Å²) in [5.41, 5.74) is 0. The molecular formula is C13H4F8O2. The van der Waals surface area contributed by atoms with Crippen molar-refractivity contribution in [2.75, 3.05) is 6.79 Å². The Balaban J connectivity index is 2.22. The zero-order valence-corrected chi connectivity index (χ0v) is 10.7. The molecule has 0 amide bonds. The molecule has 0 aromatic heterocycles. The monoisotopic (exact) mass is 344 g/mol. The van der Waals surface area contributed by atoms with E-state index in [1.807, 2.05) is 0 Å². The van der Waals surface area contributed by atoms with Gasteiger partial charge in [-0.1, -0.05) is 0 Å². The van der Waals surface area contributed by atoms with Crippen LogP contribution in [0.15, 0.2) is 12.1 Å². The molecular weight excluding hydrogens is 340 g/mol. The van der Waals surface area contributed by atoms with E-state index in [1.165, 1.54) is 0 Å². The van der Waals surface area contributed by atoms with Crippen molar-refractivity contribution in [3.63, 3.8) is 0 Å². The fourth-order valence-electron chi connectivity index (χ4n) is 1.50. The molecule has 0 radical (unpaired) electrons. The molecule has 2 aromatic carbocycles. The van der Waals surface area contributed by atoms with Gasteiger partial charge in [0.15, 0.2) is 23.3 Å². The summed E-state index contributed by atoms with van der Waals surface area (Å²) in [5, 5.41) is 0. The summed E-state index contributed by atoms with van der Waals surface area (Å²) in [6, 6.07) is -0.195. The molecule has 0 saturated carbocycles. The van der Waals surface area contributed by atoms with Gasteiger partial charge in [-0.25, -0.2) is 17.6 Å². The quantitative estimate of drug-likeness (QED) is 0.470. The van der Waals surface area contributed by atoms with Gasteiger partial charge in [0.25, 0.3) is 0 Å². The average molecular weight is 344 g/mol. The molecule has 0 fully saturated rings. The Kier molecular flexibility index (Phi) is 4.62. The van der Waals surface area contributed by atoms with E-state index in [0.29, 0.717) is 0 Å². The summed E-state index contributed by atoms with van der Waals surface area (Å²) < 4.78 is 113. The van der Waals surface area contributed by atoms with Crippen LogP contribution in [0.4, 0.5) is 35.1 Å². The molecule has 0 aliphatic rings. The van der Waals surface area contributed by atoms with Crippen LogP contribution in [0, 0.1) is 46.5 Å². The molecule has 0 aliphatic carbocycles. The summed E-state index contributed by atoms with van der Waals surface area (Å²) >= 11 is 0. The molecule has 0 heterocycles. The molecule has 0 N–H and O–H groups in total. The third kappa shape index (κ3) is 3.15. The van der Waals surface area contributed by atoms with Gasteiger partial charge in [-0.2, -0.15) is 17.6 Å². The Bertz CT molecular complexity index is 647.